The Kier molecular flexibility index (Phi) is 6.96. The summed E-state index contributed by atoms with van der Waals surface area (Å²) in [7, 11) is 0. The third-order valence-electron chi connectivity index (χ3n) is 4.80. The second-order valence-corrected chi connectivity index (χ2v) is 8.21. The van der Waals surface area contributed by atoms with E-state index in [2.05, 4.69) is 10.5 Å². The van der Waals surface area contributed by atoms with Crippen molar-refractivity contribution in [2.75, 3.05) is 0 Å². The van der Waals surface area contributed by atoms with Crippen molar-refractivity contribution in [2.45, 2.75) is 6.61 Å². The minimum Gasteiger partial charge on any atom is -0.488 e. The van der Waals surface area contributed by atoms with E-state index in [9.17, 15) is 4.79 Å². The van der Waals surface area contributed by atoms with Crippen molar-refractivity contribution in [1.29, 1.82) is 0 Å². The highest BCUT2D eigenvalue weighted by atomic mass is 35.5. The van der Waals surface area contributed by atoms with Crippen molar-refractivity contribution in [2.24, 2.45) is 5.10 Å². The fourth-order valence-corrected chi connectivity index (χ4v) is 3.74. The first kappa shape index (κ1) is 22.2. The van der Waals surface area contributed by atoms with Gasteiger partial charge in [0.2, 0.25) is 0 Å². The Morgan fingerprint density at radius 1 is 0.906 bits per heavy atom. The highest BCUT2D eigenvalue weighted by Gasteiger charge is 2.10. The zero-order valence-corrected chi connectivity index (χ0v) is 19.0. The number of nitrogens with one attached hydrogen (secondary N) is 1. The predicted octanol–water partition coefficient (Wildman–Crippen LogP) is 7.14. The molecule has 0 aliphatic rings. The number of benzene rings is 4. The Morgan fingerprint density at radius 3 is 2.44 bits per heavy atom. The number of halogens is 3. The van der Waals surface area contributed by atoms with Gasteiger partial charge in [-0.05, 0) is 53.2 Å². The summed E-state index contributed by atoms with van der Waals surface area (Å²) in [6.45, 7) is 0.256. The first-order chi connectivity index (χ1) is 15.5. The normalized spacial score (nSPS) is 11.1. The average molecular weight is 484 g/mol. The van der Waals surface area contributed by atoms with E-state index >= 15 is 0 Å². The summed E-state index contributed by atoms with van der Waals surface area (Å²) in [4.78, 5) is 12.3. The molecule has 1 N–H and O–H groups in total. The zero-order valence-electron chi connectivity index (χ0n) is 16.7. The molecule has 0 aliphatic carbocycles. The van der Waals surface area contributed by atoms with E-state index in [4.69, 9.17) is 39.5 Å². The average Bonchev–Trinajstić information content (AvgIpc) is 2.79. The Morgan fingerprint density at radius 2 is 1.66 bits per heavy atom. The molecule has 0 fully saturated rings. The first-order valence-electron chi connectivity index (χ1n) is 9.69. The first-order valence-corrected chi connectivity index (χ1v) is 10.8. The summed E-state index contributed by atoms with van der Waals surface area (Å²) in [6.07, 6.45) is 1.58. The summed E-state index contributed by atoms with van der Waals surface area (Å²) in [5, 5.41) is 7.77. The molecule has 0 saturated heterocycles. The molecule has 0 heterocycles. The number of ether oxygens (including phenoxy) is 1. The van der Waals surface area contributed by atoms with E-state index in [1.807, 2.05) is 42.5 Å². The van der Waals surface area contributed by atoms with Crippen LogP contribution in [-0.4, -0.2) is 12.1 Å². The Bertz CT molecular complexity index is 1300. The summed E-state index contributed by atoms with van der Waals surface area (Å²) in [5.41, 5.74) is 4.55. The van der Waals surface area contributed by atoms with Gasteiger partial charge in [0, 0.05) is 31.8 Å². The molecule has 1 amide bonds. The lowest BCUT2D eigenvalue weighted by atomic mass is 10.0. The smallest absolute Gasteiger partial charge is 0.271 e. The predicted molar refractivity (Wildman–Crippen MR) is 131 cm³/mol. The third-order valence-corrected chi connectivity index (χ3v) is 5.63. The molecule has 4 aromatic carbocycles. The van der Waals surface area contributed by atoms with Crippen molar-refractivity contribution in [3.63, 3.8) is 0 Å². The van der Waals surface area contributed by atoms with Crippen molar-refractivity contribution in [3.8, 4) is 5.75 Å². The minimum atomic E-state index is -0.339. The van der Waals surface area contributed by atoms with Crippen LogP contribution in [0.3, 0.4) is 0 Å². The van der Waals surface area contributed by atoms with Crippen molar-refractivity contribution in [3.05, 3.63) is 111 Å². The fraction of sp³-hybridized carbons (Fsp3) is 0.0400. The van der Waals surface area contributed by atoms with Gasteiger partial charge in [-0.3, -0.25) is 4.79 Å². The number of carbonyl (C=O) groups is 1. The van der Waals surface area contributed by atoms with E-state index in [-0.39, 0.29) is 12.5 Å². The maximum absolute atomic E-state index is 12.3. The number of nitrogens with zero attached hydrogens (tertiary/aromatic N) is 1. The molecule has 0 aliphatic heterocycles. The molecule has 0 spiro atoms. The van der Waals surface area contributed by atoms with Crippen LogP contribution in [0.4, 0.5) is 0 Å². The molecule has 0 radical (unpaired) electrons. The number of carbonyl (C=O) groups excluding carboxylic acids is 1. The monoisotopic (exact) mass is 482 g/mol. The minimum absolute atomic E-state index is 0.256. The molecule has 0 aromatic heterocycles. The van der Waals surface area contributed by atoms with Gasteiger partial charge in [0.1, 0.15) is 12.4 Å². The van der Waals surface area contributed by atoms with Gasteiger partial charge in [0.25, 0.3) is 5.91 Å². The summed E-state index contributed by atoms with van der Waals surface area (Å²) in [5.74, 6) is 0.271. The number of hydrazone groups is 1. The summed E-state index contributed by atoms with van der Waals surface area (Å²) < 4.78 is 6.06. The lowest BCUT2D eigenvalue weighted by Crippen LogP contribution is -2.17. The van der Waals surface area contributed by atoms with Crippen LogP contribution in [0.2, 0.25) is 15.1 Å². The molecule has 0 atom stereocenters. The van der Waals surface area contributed by atoms with Crippen LogP contribution in [-0.2, 0) is 6.61 Å². The molecule has 0 unspecified atom stereocenters. The topological polar surface area (TPSA) is 50.7 Å². The Labute approximate surface area is 200 Å². The van der Waals surface area contributed by atoms with Gasteiger partial charge in [-0.15, -0.1) is 0 Å². The van der Waals surface area contributed by atoms with Gasteiger partial charge in [0.15, 0.2) is 0 Å². The van der Waals surface area contributed by atoms with Gasteiger partial charge in [-0.2, -0.15) is 5.10 Å². The van der Waals surface area contributed by atoms with Gasteiger partial charge < -0.3 is 4.74 Å². The van der Waals surface area contributed by atoms with Crippen LogP contribution >= 0.6 is 34.8 Å². The summed E-state index contributed by atoms with van der Waals surface area (Å²) >= 11 is 18.1. The van der Waals surface area contributed by atoms with Crippen LogP contribution in [0.5, 0.6) is 5.75 Å². The van der Waals surface area contributed by atoms with Gasteiger partial charge in [0.05, 0.1) is 6.21 Å². The second kappa shape index (κ2) is 10.0. The number of rotatable bonds is 6. The molecular weight excluding hydrogens is 467 g/mol. The zero-order chi connectivity index (χ0) is 22.5. The van der Waals surface area contributed by atoms with Gasteiger partial charge in [-0.25, -0.2) is 5.43 Å². The van der Waals surface area contributed by atoms with E-state index < -0.39 is 0 Å². The lowest BCUT2D eigenvalue weighted by molar-refractivity contribution is 0.0955. The van der Waals surface area contributed by atoms with Crippen LogP contribution in [0.15, 0.2) is 84.0 Å². The Hall–Kier alpha value is -3.05. The third kappa shape index (κ3) is 5.22. The molecule has 0 saturated carbocycles. The largest absolute Gasteiger partial charge is 0.488 e. The molecular formula is C25H17Cl3N2O2. The molecule has 4 nitrogen and oxygen atoms in total. The summed E-state index contributed by atoms with van der Waals surface area (Å²) in [6, 6.07) is 23.5. The number of hydrogen-bond acceptors (Lipinski definition) is 3. The van der Waals surface area contributed by atoms with Crippen molar-refractivity contribution >= 4 is 57.7 Å². The molecule has 160 valence electrons. The van der Waals surface area contributed by atoms with E-state index in [1.165, 1.54) is 0 Å². The highest BCUT2D eigenvalue weighted by Crippen LogP contribution is 2.29. The molecule has 32 heavy (non-hydrogen) atoms. The lowest BCUT2D eigenvalue weighted by Gasteiger charge is -2.13. The van der Waals surface area contributed by atoms with Gasteiger partial charge in [-0.1, -0.05) is 71.2 Å². The molecule has 0 bridgehead atoms. The van der Waals surface area contributed by atoms with E-state index in [1.54, 1.807) is 42.6 Å². The van der Waals surface area contributed by atoms with E-state index in [0.29, 0.717) is 26.4 Å². The van der Waals surface area contributed by atoms with Crippen LogP contribution in [0.1, 0.15) is 21.5 Å². The van der Waals surface area contributed by atoms with Crippen LogP contribution in [0, 0.1) is 0 Å². The standard InChI is InChI=1S/C25H17Cl3N2O2/c26-19-9-5-17(6-10-19)25(31)30-29-14-22-21-4-2-1-3-16(21)8-12-24(22)32-15-18-7-11-20(27)13-23(18)28/h1-14H,15H2,(H,30,31)/b29-14-. The number of amides is 1. The number of fused-ring (bicyclic) bond motifs is 1. The van der Waals surface area contributed by atoms with Crippen molar-refractivity contribution < 1.29 is 9.53 Å². The van der Waals surface area contributed by atoms with Crippen LogP contribution < -0.4 is 10.2 Å². The second-order valence-electron chi connectivity index (χ2n) is 6.93. The Balaban J connectivity index is 1.59. The highest BCUT2D eigenvalue weighted by molar-refractivity contribution is 6.35. The quantitative estimate of drug-likeness (QED) is 0.234. The molecule has 7 heteroatoms. The maximum Gasteiger partial charge on any atom is 0.271 e. The number of hydrogen-bond donors (Lipinski definition) is 1. The van der Waals surface area contributed by atoms with Gasteiger partial charge >= 0.3 is 0 Å². The molecule has 4 rings (SSSR count). The van der Waals surface area contributed by atoms with Crippen molar-refractivity contribution in [1.82, 2.24) is 5.43 Å². The van der Waals surface area contributed by atoms with E-state index in [0.717, 1.165) is 21.9 Å². The maximum atomic E-state index is 12.3. The van der Waals surface area contributed by atoms with Crippen LogP contribution in [0.25, 0.3) is 10.8 Å². The fourth-order valence-electron chi connectivity index (χ4n) is 3.15. The molecule has 4 aromatic rings. The SMILES string of the molecule is O=C(N/N=C\c1c(OCc2ccc(Cl)cc2Cl)ccc2ccccc12)c1ccc(Cl)cc1.